The first-order chi connectivity index (χ1) is 6.79. The van der Waals surface area contributed by atoms with Gasteiger partial charge in [-0.15, -0.1) is 0 Å². The maximum Gasteiger partial charge on any atom is 0.0543 e. The lowest BCUT2D eigenvalue weighted by molar-refractivity contribution is 0.0866. The van der Waals surface area contributed by atoms with E-state index in [0.29, 0.717) is 0 Å². The third kappa shape index (κ3) is 2.44. The number of hydrogen-bond acceptors (Lipinski definition) is 3. The monoisotopic (exact) mass is 215 g/mol. The largest absolute Gasteiger partial charge is 0.393 e. The van der Waals surface area contributed by atoms with E-state index in [4.69, 9.17) is 0 Å². The van der Waals surface area contributed by atoms with Gasteiger partial charge in [-0.05, 0) is 37.4 Å². The summed E-state index contributed by atoms with van der Waals surface area (Å²) in [6, 6.07) is 0. The minimum atomic E-state index is -0.00301. The van der Waals surface area contributed by atoms with Crippen LogP contribution in [0.15, 0.2) is 0 Å². The van der Waals surface area contributed by atoms with E-state index in [1.54, 1.807) is 0 Å². The van der Waals surface area contributed by atoms with Gasteiger partial charge in [-0.2, -0.15) is 11.8 Å². The van der Waals surface area contributed by atoms with E-state index in [2.05, 4.69) is 11.2 Å². The van der Waals surface area contributed by atoms with Gasteiger partial charge in [0.2, 0.25) is 0 Å². The second kappa shape index (κ2) is 4.86. The van der Waals surface area contributed by atoms with Gasteiger partial charge in [0.1, 0.15) is 0 Å². The Morgan fingerprint density at radius 2 is 2.07 bits per heavy atom. The van der Waals surface area contributed by atoms with Crippen molar-refractivity contribution in [3.05, 3.63) is 0 Å². The molecule has 0 amide bonds. The molecule has 2 aliphatic rings. The van der Waals surface area contributed by atoms with E-state index in [-0.39, 0.29) is 6.10 Å². The lowest BCUT2D eigenvalue weighted by Crippen LogP contribution is -2.26. The van der Waals surface area contributed by atoms with Gasteiger partial charge < -0.3 is 10.0 Å². The average molecular weight is 215 g/mol. The average Bonchev–Trinajstić information content (AvgIpc) is 2.56. The molecule has 1 aliphatic heterocycles. The molecule has 3 heteroatoms. The first-order valence-electron chi connectivity index (χ1n) is 5.69. The number of nitrogens with zero attached hydrogens (tertiary/aromatic N) is 1. The third-order valence-corrected chi connectivity index (χ3v) is 4.30. The van der Waals surface area contributed by atoms with Crippen LogP contribution in [-0.2, 0) is 0 Å². The summed E-state index contributed by atoms with van der Waals surface area (Å²) in [6.07, 6.45) is 5.52. The van der Waals surface area contributed by atoms with Gasteiger partial charge in [0.05, 0.1) is 6.10 Å². The first kappa shape index (κ1) is 10.8. The van der Waals surface area contributed by atoms with E-state index < -0.39 is 0 Å². The van der Waals surface area contributed by atoms with Gasteiger partial charge >= 0.3 is 0 Å². The highest BCUT2D eigenvalue weighted by Crippen LogP contribution is 2.36. The van der Waals surface area contributed by atoms with Crippen molar-refractivity contribution < 1.29 is 5.11 Å². The zero-order valence-electron chi connectivity index (χ0n) is 8.98. The van der Waals surface area contributed by atoms with Crippen LogP contribution in [0, 0.1) is 11.8 Å². The minimum absolute atomic E-state index is 0.00301. The van der Waals surface area contributed by atoms with Crippen LogP contribution in [-0.4, -0.2) is 47.8 Å². The van der Waals surface area contributed by atoms with Gasteiger partial charge in [-0.1, -0.05) is 0 Å². The van der Waals surface area contributed by atoms with Crippen molar-refractivity contribution in [3.8, 4) is 0 Å². The molecule has 2 rings (SSSR count). The fourth-order valence-electron chi connectivity index (χ4n) is 2.91. The van der Waals surface area contributed by atoms with Gasteiger partial charge in [-0.3, -0.25) is 0 Å². The predicted octanol–water partition coefficient (Wildman–Crippen LogP) is 1.44. The number of likely N-dealkylation sites (tertiary alicyclic amines) is 1. The van der Waals surface area contributed by atoms with Crippen molar-refractivity contribution in [2.24, 2.45) is 11.8 Å². The molecule has 1 saturated carbocycles. The van der Waals surface area contributed by atoms with Crippen molar-refractivity contribution in [1.29, 1.82) is 0 Å². The Labute approximate surface area is 91.1 Å². The number of aliphatic hydroxyl groups excluding tert-OH is 1. The molecule has 1 saturated heterocycles. The molecule has 82 valence electrons. The Bertz CT molecular complexity index is 188. The quantitative estimate of drug-likeness (QED) is 0.770. The summed E-state index contributed by atoms with van der Waals surface area (Å²) < 4.78 is 0. The molecule has 14 heavy (non-hydrogen) atoms. The van der Waals surface area contributed by atoms with Crippen molar-refractivity contribution in [2.45, 2.75) is 25.4 Å². The topological polar surface area (TPSA) is 23.5 Å². The maximum absolute atomic E-state index is 9.60. The standard InChI is InChI=1S/C11H21NOS/c1-14-5-4-12-7-9-2-3-11(13)6-10(9)8-12/h9-11,13H,2-8H2,1H3. The second-order valence-electron chi connectivity index (χ2n) is 4.74. The van der Waals surface area contributed by atoms with Gasteiger partial charge in [-0.25, -0.2) is 0 Å². The number of aliphatic hydroxyl groups is 1. The molecule has 0 aromatic rings. The van der Waals surface area contributed by atoms with Crippen LogP contribution in [0.2, 0.25) is 0 Å². The Hall–Kier alpha value is 0.270. The predicted molar refractivity (Wildman–Crippen MR) is 61.7 cm³/mol. The summed E-state index contributed by atoms with van der Waals surface area (Å²) in [7, 11) is 0. The van der Waals surface area contributed by atoms with E-state index in [0.717, 1.165) is 24.7 Å². The Kier molecular flexibility index (Phi) is 3.74. The molecule has 0 spiro atoms. The molecule has 2 nitrogen and oxygen atoms in total. The summed E-state index contributed by atoms with van der Waals surface area (Å²) in [4.78, 5) is 2.59. The molecule has 1 heterocycles. The SMILES string of the molecule is CSCCN1CC2CCC(O)CC2C1. The maximum atomic E-state index is 9.60. The van der Waals surface area contributed by atoms with E-state index in [9.17, 15) is 5.11 Å². The molecule has 0 bridgehead atoms. The molecular formula is C11H21NOS. The van der Waals surface area contributed by atoms with Gasteiger partial charge in [0.15, 0.2) is 0 Å². The normalized spacial score (nSPS) is 38.6. The van der Waals surface area contributed by atoms with Crippen LogP contribution in [0.4, 0.5) is 0 Å². The Morgan fingerprint density at radius 1 is 1.29 bits per heavy atom. The first-order valence-corrected chi connectivity index (χ1v) is 7.08. The summed E-state index contributed by atoms with van der Waals surface area (Å²) in [5.41, 5.74) is 0. The molecule has 0 aromatic heterocycles. The van der Waals surface area contributed by atoms with Crippen molar-refractivity contribution in [2.75, 3.05) is 31.6 Å². The fourth-order valence-corrected chi connectivity index (χ4v) is 3.35. The molecule has 1 aliphatic carbocycles. The summed E-state index contributed by atoms with van der Waals surface area (Å²) in [6.45, 7) is 3.77. The van der Waals surface area contributed by atoms with Crippen LogP contribution in [0.25, 0.3) is 0 Å². The van der Waals surface area contributed by atoms with Crippen LogP contribution < -0.4 is 0 Å². The molecule has 2 fully saturated rings. The van der Waals surface area contributed by atoms with Gasteiger partial charge in [0, 0.05) is 25.4 Å². The highest BCUT2D eigenvalue weighted by Gasteiger charge is 2.36. The highest BCUT2D eigenvalue weighted by atomic mass is 32.2. The van der Waals surface area contributed by atoms with Crippen LogP contribution in [0.1, 0.15) is 19.3 Å². The molecule has 0 radical (unpaired) electrons. The fraction of sp³-hybridized carbons (Fsp3) is 1.00. The van der Waals surface area contributed by atoms with Crippen molar-refractivity contribution in [3.63, 3.8) is 0 Å². The smallest absolute Gasteiger partial charge is 0.0543 e. The lowest BCUT2D eigenvalue weighted by atomic mass is 9.80. The van der Waals surface area contributed by atoms with Crippen molar-refractivity contribution >= 4 is 11.8 Å². The van der Waals surface area contributed by atoms with Crippen LogP contribution in [0.5, 0.6) is 0 Å². The van der Waals surface area contributed by atoms with Crippen molar-refractivity contribution in [1.82, 2.24) is 4.90 Å². The Balaban J connectivity index is 1.80. The summed E-state index contributed by atoms with van der Waals surface area (Å²) in [5.74, 6) is 2.93. The summed E-state index contributed by atoms with van der Waals surface area (Å²) >= 11 is 1.93. The van der Waals surface area contributed by atoms with E-state index in [1.807, 2.05) is 11.8 Å². The molecule has 3 atom stereocenters. The zero-order valence-corrected chi connectivity index (χ0v) is 9.80. The van der Waals surface area contributed by atoms with Crippen LogP contribution in [0.3, 0.4) is 0 Å². The lowest BCUT2D eigenvalue weighted by Gasteiger charge is -2.27. The molecule has 3 unspecified atom stereocenters. The number of hydrogen-bond donors (Lipinski definition) is 1. The number of rotatable bonds is 3. The van der Waals surface area contributed by atoms with E-state index >= 15 is 0 Å². The second-order valence-corrected chi connectivity index (χ2v) is 5.73. The van der Waals surface area contributed by atoms with E-state index in [1.165, 1.54) is 31.8 Å². The van der Waals surface area contributed by atoms with Crippen LogP contribution >= 0.6 is 11.8 Å². The molecule has 0 aromatic carbocycles. The van der Waals surface area contributed by atoms with Gasteiger partial charge in [0.25, 0.3) is 0 Å². The zero-order chi connectivity index (χ0) is 9.97. The molecule has 1 N–H and O–H groups in total. The number of fused-ring (bicyclic) bond motifs is 1. The highest BCUT2D eigenvalue weighted by molar-refractivity contribution is 7.98. The Morgan fingerprint density at radius 3 is 2.86 bits per heavy atom. The number of thioether (sulfide) groups is 1. The summed E-state index contributed by atoms with van der Waals surface area (Å²) in [5, 5.41) is 9.60. The minimum Gasteiger partial charge on any atom is -0.393 e. The molecular weight excluding hydrogens is 194 g/mol. The third-order valence-electron chi connectivity index (χ3n) is 3.71.